The summed E-state index contributed by atoms with van der Waals surface area (Å²) in [5.74, 6) is 0.0737. The first-order chi connectivity index (χ1) is 7.32. The number of hydrogen-bond acceptors (Lipinski definition) is 3. The molecular formula is C10H13N3O2. The van der Waals surface area contributed by atoms with Crippen LogP contribution in [0.25, 0.3) is 0 Å². The molecular weight excluding hydrogens is 194 g/mol. The number of nitrogens with one attached hydrogen (secondary N) is 1. The van der Waals surface area contributed by atoms with Crippen molar-refractivity contribution in [2.24, 2.45) is 0 Å². The molecule has 1 spiro atoms. The summed E-state index contributed by atoms with van der Waals surface area (Å²) >= 11 is 0. The van der Waals surface area contributed by atoms with E-state index in [1.165, 1.54) is 0 Å². The van der Waals surface area contributed by atoms with Gasteiger partial charge in [-0.3, -0.25) is 9.89 Å². The van der Waals surface area contributed by atoms with Crippen molar-refractivity contribution in [3.63, 3.8) is 0 Å². The number of aromatic nitrogens is 2. The summed E-state index contributed by atoms with van der Waals surface area (Å²) in [6.45, 7) is 2.03. The number of carbonyl (C=O) groups excluding carboxylic acids is 1. The summed E-state index contributed by atoms with van der Waals surface area (Å²) in [5, 5.41) is 6.47. The van der Waals surface area contributed by atoms with Crippen molar-refractivity contribution in [1.82, 2.24) is 15.1 Å². The molecule has 0 radical (unpaired) electrons. The summed E-state index contributed by atoms with van der Waals surface area (Å²) in [6, 6.07) is 0. The first-order valence-electron chi connectivity index (χ1n) is 5.20. The third kappa shape index (κ3) is 1.34. The van der Waals surface area contributed by atoms with Crippen molar-refractivity contribution in [2.75, 3.05) is 19.8 Å². The fourth-order valence-corrected chi connectivity index (χ4v) is 2.13. The van der Waals surface area contributed by atoms with Crippen LogP contribution in [0.2, 0.25) is 0 Å². The smallest absolute Gasteiger partial charge is 0.257 e. The van der Waals surface area contributed by atoms with Crippen LogP contribution in [0.3, 0.4) is 0 Å². The van der Waals surface area contributed by atoms with Gasteiger partial charge in [0, 0.05) is 12.7 Å². The Labute approximate surface area is 87.4 Å². The zero-order chi connectivity index (χ0) is 10.3. The number of nitrogens with zero attached hydrogens (tertiary/aromatic N) is 2. The van der Waals surface area contributed by atoms with Crippen LogP contribution in [0, 0.1) is 0 Å². The molecule has 2 heterocycles. The Hall–Kier alpha value is -1.36. The number of morpholine rings is 1. The van der Waals surface area contributed by atoms with Gasteiger partial charge < -0.3 is 9.64 Å². The Morgan fingerprint density at radius 3 is 3.13 bits per heavy atom. The zero-order valence-electron chi connectivity index (χ0n) is 8.40. The fraction of sp³-hybridized carbons (Fsp3) is 0.600. The summed E-state index contributed by atoms with van der Waals surface area (Å²) in [5.41, 5.74) is 0.648. The number of carbonyl (C=O) groups is 1. The lowest BCUT2D eigenvalue weighted by Crippen LogP contribution is -2.50. The Morgan fingerprint density at radius 2 is 2.47 bits per heavy atom. The molecule has 5 heteroatoms. The number of hydrogen-bond donors (Lipinski definition) is 1. The van der Waals surface area contributed by atoms with E-state index in [2.05, 4.69) is 10.2 Å². The van der Waals surface area contributed by atoms with Gasteiger partial charge in [-0.25, -0.2) is 0 Å². The summed E-state index contributed by atoms with van der Waals surface area (Å²) in [4.78, 5) is 14.1. The van der Waals surface area contributed by atoms with Crippen molar-refractivity contribution in [3.8, 4) is 0 Å². The maximum atomic E-state index is 12.1. The van der Waals surface area contributed by atoms with Crippen molar-refractivity contribution in [2.45, 2.75) is 18.4 Å². The second kappa shape index (κ2) is 3.06. The largest absolute Gasteiger partial charge is 0.377 e. The predicted octanol–water partition coefficient (Wildman–Crippen LogP) is 0.415. The van der Waals surface area contributed by atoms with Crippen LogP contribution in [0.5, 0.6) is 0 Å². The Bertz CT molecular complexity index is 370. The van der Waals surface area contributed by atoms with E-state index in [1.54, 1.807) is 12.4 Å². The van der Waals surface area contributed by atoms with Crippen molar-refractivity contribution < 1.29 is 9.53 Å². The van der Waals surface area contributed by atoms with Gasteiger partial charge in [0.25, 0.3) is 5.91 Å². The van der Waals surface area contributed by atoms with Crippen LogP contribution >= 0.6 is 0 Å². The molecule has 1 saturated heterocycles. The van der Waals surface area contributed by atoms with Crippen LogP contribution < -0.4 is 0 Å². The average molecular weight is 207 g/mol. The number of H-pyrrole nitrogens is 1. The van der Waals surface area contributed by atoms with Crippen LogP contribution in [0.1, 0.15) is 23.2 Å². The minimum Gasteiger partial charge on any atom is -0.377 e. The third-order valence-corrected chi connectivity index (χ3v) is 3.22. The second-order valence-corrected chi connectivity index (χ2v) is 4.22. The molecule has 0 unspecified atom stereocenters. The van der Waals surface area contributed by atoms with Gasteiger partial charge in [-0.1, -0.05) is 0 Å². The molecule has 1 N–H and O–H groups in total. The van der Waals surface area contributed by atoms with Crippen LogP contribution in [0.4, 0.5) is 0 Å². The highest BCUT2D eigenvalue weighted by Crippen LogP contribution is 2.44. The highest BCUT2D eigenvalue weighted by molar-refractivity contribution is 5.94. The van der Waals surface area contributed by atoms with Gasteiger partial charge in [0.1, 0.15) is 0 Å². The normalized spacial score (nSPS) is 23.1. The van der Waals surface area contributed by atoms with E-state index in [-0.39, 0.29) is 11.4 Å². The fourth-order valence-electron chi connectivity index (χ4n) is 2.13. The minimum absolute atomic E-state index is 0.00655. The third-order valence-electron chi connectivity index (χ3n) is 3.22. The van der Waals surface area contributed by atoms with Gasteiger partial charge in [0.2, 0.25) is 0 Å². The lowest BCUT2D eigenvalue weighted by atomic mass is 10.1. The van der Waals surface area contributed by atoms with Crippen molar-refractivity contribution >= 4 is 5.91 Å². The molecule has 5 nitrogen and oxygen atoms in total. The maximum Gasteiger partial charge on any atom is 0.257 e. The quantitative estimate of drug-likeness (QED) is 0.725. The first kappa shape index (κ1) is 8.91. The standard InChI is InChI=1S/C10H13N3O2/c14-9(8-5-11-12-6-8)13-3-4-15-7-10(13)1-2-10/h5-6H,1-4,7H2,(H,11,12). The predicted molar refractivity (Wildman–Crippen MR) is 52.4 cm³/mol. The van der Waals surface area contributed by atoms with Gasteiger partial charge in [-0.2, -0.15) is 5.10 Å². The Balaban J connectivity index is 1.84. The van der Waals surface area contributed by atoms with Crippen LogP contribution in [-0.2, 0) is 4.74 Å². The number of aromatic amines is 1. The number of ether oxygens (including phenoxy) is 1. The maximum absolute atomic E-state index is 12.1. The minimum atomic E-state index is 0.00655. The molecule has 1 aliphatic heterocycles. The average Bonchev–Trinajstić information content (AvgIpc) is 2.85. The van der Waals surface area contributed by atoms with Crippen LogP contribution in [0.15, 0.2) is 12.4 Å². The zero-order valence-corrected chi connectivity index (χ0v) is 8.40. The molecule has 2 fully saturated rings. The van der Waals surface area contributed by atoms with Gasteiger partial charge >= 0.3 is 0 Å². The first-order valence-corrected chi connectivity index (χ1v) is 5.20. The summed E-state index contributed by atoms with van der Waals surface area (Å²) in [7, 11) is 0. The van der Waals surface area contributed by atoms with Crippen LogP contribution in [-0.4, -0.2) is 46.3 Å². The second-order valence-electron chi connectivity index (χ2n) is 4.22. The molecule has 1 aromatic rings. The van der Waals surface area contributed by atoms with Crippen molar-refractivity contribution in [1.29, 1.82) is 0 Å². The summed E-state index contributed by atoms with van der Waals surface area (Å²) < 4.78 is 5.43. The highest BCUT2D eigenvalue weighted by atomic mass is 16.5. The molecule has 0 atom stereocenters. The van der Waals surface area contributed by atoms with E-state index in [1.807, 2.05) is 4.90 Å². The molecule has 15 heavy (non-hydrogen) atoms. The Kier molecular flexibility index (Phi) is 1.82. The molecule has 1 aromatic heterocycles. The number of amides is 1. The van der Waals surface area contributed by atoms with E-state index in [9.17, 15) is 4.79 Å². The van der Waals surface area contributed by atoms with E-state index >= 15 is 0 Å². The van der Waals surface area contributed by atoms with Gasteiger partial charge in [0.05, 0.1) is 30.5 Å². The highest BCUT2D eigenvalue weighted by Gasteiger charge is 2.52. The van der Waals surface area contributed by atoms with E-state index in [0.29, 0.717) is 25.3 Å². The molecule has 1 aliphatic carbocycles. The monoisotopic (exact) mass is 207 g/mol. The summed E-state index contributed by atoms with van der Waals surface area (Å²) in [6.07, 6.45) is 5.36. The molecule has 0 aromatic carbocycles. The van der Waals surface area contributed by atoms with Gasteiger partial charge in [-0.15, -0.1) is 0 Å². The molecule has 1 saturated carbocycles. The van der Waals surface area contributed by atoms with Gasteiger partial charge in [-0.05, 0) is 12.8 Å². The topological polar surface area (TPSA) is 58.2 Å². The number of rotatable bonds is 1. The molecule has 80 valence electrons. The SMILES string of the molecule is O=C(c1cn[nH]c1)N1CCOCC12CC2. The van der Waals surface area contributed by atoms with Gasteiger partial charge in [0.15, 0.2) is 0 Å². The molecule has 3 rings (SSSR count). The Morgan fingerprint density at radius 1 is 1.60 bits per heavy atom. The van der Waals surface area contributed by atoms with E-state index in [4.69, 9.17) is 4.74 Å². The molecule has 2 aliphatic rings. The lowest BCUT2D eigenvalue weighted by molar-refractivity contribution is -0.0117. The lowest BCUT2D eigenvalue weighted by Gasteiger charge is -2.35. The molecule has 1 amide bonds. The van der Waals surface area contributed by atoms with Crippen molar-refractivity contribution in [3.05, 3.63) is 18.0 Å². The van der Waals surface area contributed by atoms with E-state index in [0.717, 1.165) is 12.8 Å². The molecule has 0 bridgehead atoms. The van der Waals surface area contributed by atoms with E-state index < -0.39 is 0 Å².